The van der Waals surface area contributed by atoms with Crippen molar-refractivity contribution < 1.29 is 14.3 Å². The summed E-state index contributed by atoms with van der Waals surface area (Å²) in [5.41, 5.74) is -0.570. The van der Waals surface area contributed by atoms with Crippen LogP contribution < -0.4 is 0 Å². The first kappa shape index (κ1) is 14.6. The van der Waals surface area contributed by atoms with Crippen LogP contribution in [0.4, 0.5) is 0 Å². The maximum atomic E-state index is 11.8. The molecule has 0 saturated heterocycles. The van der Waals surface area contributed by atoms with Crippen LogP contribution in [0.25, 0.3) is 0 Å². The molecule has 1 unspecified atom stereocenters. The standard InChI is InChI=1S/C11H19BrO3/c1-6-8(13)11(12,7-2)9(14)15-10(3,4)5/h6-7H2,1-5H3. The molecule has 0 heterocycles. The molecule has 0 aromatic heterocycles. The van der Waals surface area contributed by atoms with Gasteiger partial charge in [-0.05, 0) is 27.2 Å². The zero-order valence-corrected chi connectivity index (χ0v) is 11.6. The maximum Gasteiger partial charge on any atom is 0.331 e. The van der Waals surface area contributed by atoms with Gasteiger partial charge in [-0.25, -0.2) is 0 Å². The molecule has 0 bridgehead atoms. The highest BCUT2D eigenvalue weighted by Gasteiger charge is 2.43. The lowest BCUT2D eigenvalue weighted by Gasteiger charge is -2.27. The van der Waals surface area contributed by atoms with E-state index in [1.54, 1.807) is 34.6 Å². The second-order valence-corrected chi connectivity index (χ2v) is 5.79. The molecule has 0 aliphatic rings. The molecule has 15 heavy (non-hydrogen) atoms. The van der Waals surface area contributed by atoms with Crippen molar-refractivity contribution in [1.82, 2.24) is 0 Å². The van der Waals surface area contributed by atoms with Crippen molar-refractivity contribution in [3.63, 3.8) is 0 Å². The van der Waals surface area contributed by atoms with Gasteiger partial charge in [-0.15, -0.1) is 0 Å². The predicted octanol–water partition coefficient (Wildman–Crippen LogP) is 2.85. The topological polar surface area (TPSA) is 43.4 Å². The maximum absolute atomic E-state index is 11.8. The second-order valence-electron chi connectivity index (χ2n) is 4.43. The van der Waals surface area contributed by atoms with E-state index < -0.39 is 15.9 Å². The lowest BCUT2D eigenvalue weighted by atomic mass is 9.99. The number of rotatable bonds is 4. The normalized spacial score (nSPS) is 15.6. The number of carbonyl (C=O) groups excluding carboxylic acids is 2. The Bertz CT molecular complexity index is 255. The minimum absolute atomic E-state index is 0.140. The molecule has 0 radical (unpaired) electrons. The molecule has 0 spiro atoms. The van der Waals surface area contributed by atoms with Crippen LogP contribution in [0, 0.1) is 0 Å². The molecule has 0 N–H and O–H groups in total. The summed E-state index contributed by atoms with van der Waals surface area (Å²) in [6.07, 6.45) is 0.715. The van der Waals surface area contributed by atoms with Gasteiger partial charge in [-0.2, -0.15) is 0 Å². The summed E-state index contributed by atoms with van der Waals surface area (Å²) in [6.45, 7) is 8.86. The number of Topliss-reactive ketones (excluding diaryl/α,β-unsaturated/α-hetero) is 1. The van der Waals surface area contributed by atoms with Gasteiger partial charge in [-0.1, -0.05) is 29.8 Å². The van der Waals surface area contributed by atoms with Gasteiger partial charge < -0.3 is 4.74 Å². The third kappa shape index (κ3) is 3.93. The van der Waals surface area contributed by atoms with Gasteiger partial charge in [-0.3, -0.25) is 9.59 Å². The molecular formula is C11H19BrO3. The van der Waals surface area contributed by atoms with Crippen molar-refractivity contribution in [2.45, 2.75) is 57.4 Å². The summed E-state index contributed by atoms with van der Waals surface area (Å²) >= 11 is 3.20. The van der Waals surface area contributed by atoms with Crippen LogP contribution in [0.5, 0.6) is 0 Å². The Labute approximate surface area is 99.7 Å². The van der Waals surface area contributed by atoms with Crippen LogP contribution in [0.2, 0.25) is 0 Å². The van der Waals surface area contributed by atoms with Crippen molar-refractivity contribution in [2.24, 2.45) is 0 Å². The summed E-state index contributed by atoms with van der Waals surface area (Å²) in [5.74, 6) is -0.636. The first-order valence-electron chi connectivity index (χ1n) is 5.13. The van der Waals surface area contributed by atoms with E-state index in [0.29, 0.717) is 12.8 Å². The van der Waals surface area contributed by atoms with Gasteiger partial charge in [0.2, 0.25) is 0 Å². The van der Waals surface area contributed by atoms with Crippen LogP contribution in [-0.4, -0.2) is 21.7 Å². The van der Waals surface area contributed by atoms with Crippen molar-refractivity contribution >= 4 is 27.7 Å². The molecule has 3 nitrogen and oxygen atoms in total. The van der Waals surface area contributed by atoms with Gasteiger partial charge in [0.15, 0.2) is 10.1 Å². The zero-order valence-electron chi connectivity index (χ0n) is 10.0. The highest BCUT2D eigenvalue weighted by molar-refractivity contribution is 9.10. The molecule has 1 atom stereocenters. The Morgan fingerprint density at radius 3 is 1.93 bits per heavy atom. The van der Waals surface area contributed by atoms with Gasteiger partial charge >= 0.3 is 5.97 Å². The number of carbonyl (C=O) groups is 2. The molecule has 4 heteroatoms. The van der Waals surface area contributed by atoms with E-state index in [4.69, 9.17) is 4.74 Å². The quantitative estimate of drug-likeness (QED) is 0.451. The van der Waals surface area contributed by atoms with E-state index in [1.807, 2.05) is 0 Å². The van der Waals surface area contributed by atoms with Gasteiger partial charge in [0.05, 0.1) is 0 Å². The van der Waals surface area contributed by atoms with Crippen LogP contribution in [-0.2, 0) is 14.3 Å². The van der Waals surface area contributed by atoms with Crippen molar-refractivity contribution in [1.29, 1.82) is 0 Å². The minimum Gasteiger partial charge on any atom is -0.459 e. The van der Waals surface area contributed by atoms with E-state index >= 15 is 0 Å². The first-order chi connectivity index (χ1) is 6.67. The van der Waals surface area contributed by atoms with Gasteiger partial charge in [0, 0.05) is 6.42 Å². The SMILES string of the molecule is CCC(=O)C(Br)(CC)C(=O)OC(C)(C)C. The molecule has 0 aromatic rings. The number of hydrogen-bond acceptors (Lipinski definition) is 3. The van der Waals surface area contributed by atoms with E-state index in [9.17, 15) is 9.59 Å². The molecule has 0 aromatic carbocycles. The molecule has 0 fully saturated rings. The summed E-state index contributed by atoms with van der Waals surface area (Å²) in [5, 5.41) is 0. The molecule has 0 amide bonds. The fraction of sp³-hybridized carbons (Fsp3) is 0.818. The highest BCUT2D eigenvalue weighted by Crippen LogP contribution is 2.28. The van der Waals surface area contributed by atoms with Crippen molar-refractivity contribution in [2.75, 3.05) is 0 Å². The van der Waals surface area contributed by atoms with Gasteiger partial charge in [0.1, 0.15) is 5.60 Å². The summed E-state index contributed by atoms with van der Waals surface area (Å²) in [7, 11) is 0. The Morgan fingerprint density at radius 2 is 1.67 bits per heavy atom. The Balaban J connectivity index is 4.82. The zero-order chi connectivity index (χ0) is 12.3. The number of ketones is 1. The molecule has 0 aliphatic carbocycles. The van der Waals surface area contributed by atoms with Crippen LogP contribution in [0.15, 0.2) is 0 Å². The van der Waals surface area contributed by atoms with Crippen molar-refractivity contribution in [3.8, 4) is 0 Å². The smallest absolute Gasteiger partial charge is 0.331 e. The Kier molecular flexibility index (Phi) is 4.97. The fourth-order valence-electron chi connectivity index (χ4n) is 1.09. The molecule has 0 aliphatic heterocycles. The summed E-state index contributed by atoms with van der Waals surface area (Å²) in [6, 6.07) is 0. The van der Waals surface area contributed by atoms with E-state index in [-0.39, 0.29) is 5.78 Å². The number of alkyl halides is 1. The second kappa shape index (κ2) is 5.10. The molecule has 0 saturated carbocycles. The predicted molar refractivity (Wildman–Crippen MR) is 63.1 cm³/mol. The highest BCUT2D eigenvalue weighted by atomic mass is 79.9. The number of esters is 1. The van der Waals surface area contributed by atoms with Crippen LogP contribution >= 0.6 is 15.9 Å². The average molecular weight is 279 g/mol. The van der Waals surface area contributed by atoms with Crippen LogP contribution in [0.3, 0.4) is 0 Å². The lowest BCUT2D eigenvalue weighted by molar-refractivity contribution is -0.159. The largest absolute Gasteiger partial charge is 0.459 e. The van der Waals surface area contributed by atoms with Crippen molar-refractivity contribution in [3.05, 3.63) is 0 Å². The number of ether oxygens (including phenoxy) is 1. The molecular weight excluding hydrogens is 260 g/mol. The lowest BCUT2D eigenvalue weighted by Crippen LogP contribution is -2.44. The monoisotopic (exact) mass is 278 g/mol. The fourth-order valence-corrected chi connectivity index (χ4v) is 1.46. The summed E-state index contributed by atoms with van der Waals surface area (Å²) < 4.78 is 4.04. The van der Waals surface area contributed by atoms with E-state index in [0.717, 1.165) is 0 Å². The molecule has 0 rings (SSSR count). The average Bonchev–Trinajstić information content (AvgIpc) is 2.12. The third-order valence-corrected chi connectivity index (χ3v) is 3.30. The first-order valence-corrected chi connectivity index (χ1v) is 5.92. The van der Waals surface area contributed by atoms with Gasteiger partial charge in [0.25, 0.3) is 0 Å². The molecule has 88 valence electrons. The third-order valence-electron chi connectivity index (χ3n) is 1.97. The van der Waals surface area contributed by atoms with E-state index in [1.165, 1.54) is 0 Å². The Hall–Kier alpha value is -0.380. The minimum atomic E-state index is -1.17. The number of halogens is 1. The Morgan fingerprint density at radius 1 is 1.20 bits per heavy atom. The van der Waals surface area contributed by atoms with Crippen LogP contribution in [0.1, 0.15) is 47.5 Å². The van der Waals surface area contributed by atoms with E-state index in [2.05, 4.69) is 15.9 Å². The number of hydrogen-bond donors (Lipinski definition) is 0. The summed E-state index contributed by atoms with van der Waals surface area (Å²) in [4.78, 5) is 23.5.